The fourth-order valence-electron chi connectivity index (χ4n) is 2.56. The van der Waals surface area contributed by atoms with E-state index in [2.05, 4.69) is 10.5 Å². The number of amides is 1. The molecule has 0 unspecified atom stereocenters. The summed E-state index contributed by atoms with van der Waals surface area (Å²) in [6.07, 6.45) is 1.43. The molecule has 3 N–H and O–H groups in total. The molecule has 8 heteroatoms. The number of methoxy groups -OCH3 is 1. The molecule has 0 radical (unpaired) electrons. The number of halogens is 1. The van der Waals surface area contributed by atoms with E-state index in [1.165, 1.54) is 25.5 Å². The van der Waals surface area contributed by atoms with Crippen LogP contribution in [0.5, 0.6) is 23.0 Å². The van der Waals surface area contributed by atoms with Crippen LogP contribution < -0.4 is 14.9 Å². The van der Waals surface area contributed by atoms with Crippen LogP contribution in [0.1, 0.15) is 21.5 Å². The van der Waals surface area contributed by atoms with Crippen molar-refractivity contribution in [2.75, 3.05) is 7.11 Å². The van der Waals surface area contributed by atoms with Crippen LogP contribution in [0.2, 0.25) is 5.02 Å². The summed E-state index contributed by atoms with van der Waals surface area (Å²) in [7, 11) is 1.53. The summed E-state index contributed by atoms with van der Waals surface area (Å²) in [5.74, 6) is -0.0266. The fraction of sp³-hybridized carbons (Fsp3) is 0.0909. The van der Waals surface area contributed by atoms with Crippen LogP contribution >= 0.6 is 11.6 Å². The molecule has 30 heavy (non-hydrogen) atoms. The summed E-state index contributed by atoms with van der Waals surface area (Å²) in [5.41, 5.74) is 3.94. The summed E-state index contributed by atoms with van der Waals surface area (Å²) in [5, 5.41) is 23.5. The molecule has 3 aromatic carbocycles. The second-order valence-electron chi connectivity index (χ2n) is 6.23. The van der Waals surface area contributed by atoms with Crippen molar-refractivity contribution in [2.45, 2.75) is 6.61 Å². The molecule has 0 atom stereocenters. The molecule has 3 aromatic rings. The van der Waals surface area contributed by atoms with Gasteiger partial charge in [0.2, 0.25) is 0 Å². The highest BCUT2D eigenvalue weighted by molar-refractivity contribution is 6.30. The number of nitrogens with one attached hydrogen (secondary N) is 1. The monoisotopic (exact) mass is 426 g/mol. The number of hydrazone groups is 1. The van der Waals surface area contributed by atoms with E-state index in [4.69, 9.17) is 21.1 Å². The van der Waals surface area contributed by atoms with Gasteiger partial charge in [-0.2, -0.15) is 5.10 Å². The summed E-state index contributed by atoms with van der Waals surface area (Å²) in [4.78, 5) is 12.1. The number of phenols is 2. The minimum Gasteiger partial charge on any atom is -0.508 e. The van der Waals surface area contributed by atoms with Crippen LogP contribution in [0.4, 0.5) is 0 Å². The summed E-state index contributed by atoms with van der Waals surface area (Å²) < 4.78 is 11.2. The lowest BCUT2D eigenvalue weighted by atomic mass is 10.2. The Balaban J connectivity index is 1.63. The highest BCUT2D eigenvalue weighted by atomic mass is 35.5. The van der Waals surface area contributed by atoms with Crippen molar-refractivity contribution in [3.63, 3.8) is 0 Å². The lowest BCUT2D eigenvalue weighted by Crippen LogP contribution is -2.17. The Hall–Kier alpha value is -3.71. The third kappa shape index (κ3) is 5.42. The third-order valence-corrected chi connectivity index (χ3v) is 4.35. The normalized spacial score (nSPS) is 10.7. The van der Waals surface area contributed by atoms with E-state index in [-0.39, 0.29) is 17.1 Å². The van der Waals surface area contributed by atoms with Crippen molar-refractivity contribution in [1.82, 2.24) is 5.43 Å². The second-order valence-corrected chi connectivity index (χ2v) is 6.66. The molecule has 0 bridgehead atoms. The van der Waals surface area contributed by atoms with Crippen molar-refractivity contribution in [3.8, 4) is 23.0 Å². The SMILES string of the molecule is COc1cc(/C=N/NC(=O)c2ccc(O)cc2O)ccc1OCc1ccc(Cl)cc1. The first kappa shape index (κ1) is 21.0. The molecule has 0 spiro atoms. The summed E-state index contributed by atoms with van der Waals surface area (Å²) in [6.45, 7) is 0.354. The van der Waals surface area contributed by atoms with Crippen LogP contribution in [0.15, 0.2) is 65.8 Å². The smallest absolute Gasteiger partial charge is 0.275 e. The zero-order chi connectivity index (χ0) is 21.5. The van der Waals surface area contributed by atoms with Gasteiger partial charge in [-0.1, -0.05) is 23.7 Å². The number of carbonyl (C=O) groups excluding carboxylic acids is 1. The number of nitrogens with zero attached hydrogens (tertiary/aromatic N) is 1. The predicted octanol–water partition coefficient (Wildman–Crippen LogP) is 4.10. The first-order valence-corrected chi connectivity index (χ1v) is 9.24. The zero-order valence-corrected chi connectivity index (χ0v) is 16.8. The molecule has 1 amide bonds. The second kappa shape index (κ2) is 9.67. The third-order valence-electron chi connectivity index (χ3n) is 4.10. The van der Waals surface area contributed by atoms with Gasteiger partial charge >= 0.3 is 0 Å². The van der Waals surface area contributed by atoms with E-state index >= 15 is 0 Å². The Morgan fingerprint density at radius 2 is 1.83 bits per heavy atom. The number of aromatic hydroxyl groups is 2. The Morgan fingerprint density at radius 3 is 2.53 bits per heavy atom. The summed E-state index contributed by atoms with van der Waals surface area (Å²) >= 11 is 5.88. The molecule has 0 saturated carbocycles. The average molecular weight is 427 g/mol. The Morgan fingerprint density at radius 1 is 1.07 bits per heavy atom. The Kier molecular flexibility index (Phi) is 6.77. The molecule has 0 aliphatic rings. The van der Waals surface area contributed by atoms with Crippen LogP contribution in [-0.4, -0.2) is 29.4 Å². The van der Waals surface area contributed by atoms with Crippen molar-refractivity contribution in [1.29, 1.82) is 0 Å². The molecule has 0 aromatic heterocycles. The highest BCUT2D eigenvalue weighted by Crippen LogP contribution is 2.28. The molecule has 0 aliphatic carbocycles. The molecule has 3 rings (SSSR count). The predicted molar refractivity (Wildman–Crippen MR) is 114 cm³/mol. The van der Waals surface area contributed by atoms with Crippen molar-refractivity contribution in [2.24, 2.45) is 5.10 Å². The molecule has 0 saturated heterocycles. The maximum absolute atomic E-state index is 12.1. The van der Waals surface area contributed by atoms with Crippen LogP contribution in [-0.2, 0) is 6.61 Å². The van der Waals surface area contributed by atoms with Crippen LogP contribution in [0.3, 0.4) is 0 Å². The fourth-order valence-corrected chi connectivity index (χ4v) is 2.69. The van der Waals surface area contributed by atoms with Gasteiger partial charge in [-0.3, -0.25) is 4.79 Å². The molecule has 0 heterocycles. The molecular weight excluding hydrogens is 408 g/mol. The largest absolute Gasteiger partial charge is 0.508 e. The van der Waals surface area contributed by atoms with E-state index in [1.54, 1.807) is 30.3 Å². The minimum atomic E-state index is -0.612. The van der Waals surface area contributed by atoms with Gasteiger partial charge in [0.05, 0.1) is 18.9 Å². The topological polar surface area (TPSA) is 100 Å². The quantitative estimate of drug-likeness (QED) is 0.390. The van der Waals surface area contributed by atoms with E-state index in [0.717, 1.165) is 11.6 Å². The number of hydrogen-bond donors (Lipinski definition) is 3. The van der Waals surface area contributed by atoms with E-state index in [0.29, 0.717) is 28.7 Å². The van der Waals surface area contributed by atoms with Gasteiger partial charge in [0.15, 0.2) is 11.5 Å². The van der Waals surface area contributed by atoms with E-state index in [9.17, 15) is 15.0 Å². The lowest BCUT2D eigenvalue weighted by Gasteiger charge is -2.11. The number of rotatable bonds is 7. The average Bonchev–Trinajstić information content (AvgIpc) is 2.73. The Bertz CT molecular complexity index is 1070. The summed E-state index contributed by atoms with van der Waals surface area (Å²) in [6, 6.07) is 16.2. The van der Waals surface area contributed by atoms with Gasteiger partial charge in [-0.05, 0) is 53.6 Å². The van der Waals surface area contributed by atoms with Crippen molar-refractivity contribution < 1.29 is 24.5 Å². The Labute approximate surface area is 178 Å². The number of benzene rings is 3. The maximum Gasteiger partial charge on any atom is 0.275 e. The van der Waals surface area contributed by atoms with Gasteiger partial charge in [-0.15, -0.1) is 0 Å². The standard InChI is InChI=1S/C22H19ClN2O5/c1-29-21-10-15(4-9-20(21)30-13-14-2-5-16(23)6-3-14)12-24-25-22(28)18-8-7-17(26)11-19(18)27/h2-12,26-27H,13H2,1H3,(H,25,28)/b24-12+. The molecule has 0 fully saturated rings. The van der Waals surface area contributed by atoms with Crippen LogP contribution in [0, 0.1) is 0 Å². The number of ether oxygens (including phenoxy) is 2. The lowest BCUT2D eigenvalue weighted by molar-refractivity contribution is 0.0952. The van der Waals surface area contributed by atoms with Crippen molar-refractivity contribution in [3.05, 3.63) is 82.4 Å². The first-order valence-electron chi connectivity index (χ1n) is 8.87. The van der Waals surface area contributed by atoms with E-state index in [1.807, 2.05) is 12.1 Å². The maximum atomic E-state index is 12.1. The van der Waals surface area contributed by atoms with Crippen molar-refractivity contribution >= 4 is 23.7 Å². The minimum absolute atomic E-state index is 0.00604. The van der Waals surface area contributed by atoms with Gasteiger partial charge in [0.1, 0.15) is 18.1 Å². The van der Waals surface area contributed by atoms with Gasteiger partial charge in [0.25, 0.3) is 5.91 Å². The number of carbonyl (C=O) groups is 1. The van der Waals surface area contributed by atoms with Gasteiger partial charge in [0, 0.05) is 11.1 Å². The number of phenolic OH excluding ortho intramolecular Hbond substituents is 2. The van der Waals surface area contributed by atoms with Crippen LogP contribution in [0.25, 0.3) is 0 Å². The van der Waals surface area contributed by atoms with Gasteiger partial charge < -0.3 is 19.7 Å². The molecule has 154 valence electrons. The number of hydrogen-bond acceptors (Lipinski definition) is 6. The molecular formula is C22H19ClN2O5. The zero-order valence-electron chi connectivity index (χ0n) is 16.0. The van der Waals surface area contributed by atoms with Gasteiger partial charge in [-0.25, -0.2) is 5.43 Å². The van der Waals surface area contributed by atoms with E-state index < -0.39 is 5.91 Å². The highest BCUT2D eigenvalue weighted by Gasteiger charge is 2.11. The first-order chi connectivity index (χ1) is 14.5. The molecule has 7 nitrogen and oxygen atoms in total. The molecule has 0 aliphatic heterocycles.